The van der Waals surface area contributed by atoms with Gasteiger partial charge in [0.25, 0.3) is 11.1 Å². The van der Waals surface area contributed by atoms with Gasteiger partial charge in [-0.15, -0.1) is 0 Å². The van der Waals surface area contributed by atoms with Crippen LogP contribution in [0.25, 0.3) is 44.7 Å². The van der Waals surface area contributed by atoms with Crippen LogP contribution in [-0.2, 0) is 50.2 Å². The van der Waals surface area contributed by atoms with E-state index >= 15 is 0 Å². The first-order valence-electron chi connectivity index (χ1n) is 22.1. The zero-order valence-electron chi connectivity index (χ0n) is 38.4. The summed E-state index contributed by atoms with van der Waals surface area (Å²) in [7, 11) is 0. The smallest absolute Gasteiger partial charge is 0.348 e. The van der Waals surface area contributed by atoms with Gasteiger partial charge in [-0.2, -0.15) is 19.9 Å². The number of fused-ring (bicyclic) bond motifs is 4. The number of amides is 5. The number of H-pyrrole nitrogens is 4. The van der Waals surface area contributed by atoms with Crippen LogP contribution in [0.15, 0.2) is 44.5 Å². The van der Waals surface area contributed by atoms with E-state index in [9.17, 15) is 43.2 Å². The van der Waals surface area contributed by atoms with Gasteiger partial charge in [-0.05, 0) is 25.8 Å². The average molecular weight is 1030 g/mol. The third-order valence-corrected chi connectivity index (χ3v) is 11.4. The lowest BCUT2D eigenvalue weighted by Gasteiger charge is -2.27. The number of hydrogen-bond donors (Lipinski definition) is 15. The number of nitrogen functional groups attached to an aromatic ring is 4. The maximum Gasteiger partial charge on any atom is 0.348 e. The van der Waals surface area contributed by atoms with Crippen LogP contribution in [0.1, 0.15) is 19.3 Å². The molecular weight excluding hydrogens is 979 g/mol. The van der Waals surface area contributed by atoms with Crippen LogP contribution in [-0.4, -0.2) is 144 Å². The Morgan fingerprint density at radius 3 is 1.27 bits per heavy atom. The van der Waals surface area contributed by atoms with E-state index in [0.717, 1.165) is 19.0 Å². The van der Waals surface area contributed by atoms with Crippen molar-refractivity contribution in [2.75, 3.05) is 29.5 Å². The first-order valence-corrected chi connectivity index (χ1v) is 22.1. The highest BCUT2D eigenvalue weighted by Crippen LogP contribution is 2.16. The minimum Gasteiger partial charge on any atom is -0.383 e. The number of aromatic amines is 4. The molecule has 0 spiro atoms. The quantitative estimate of drug-likeness (QED) is 0.0297. The lowest BCUT2D eigenvalue weighted by Crippen LogP contribution is -2.60. The Morgan fingerprint density at radius 2 is 0.865 bits per heavy atom. The van der Waals surface area contributed by atoms with E-state index < -0.39 is 102 Å². The number of rotatable bonds is 21. The van der Waals surface area contributed by atoms with Crippen LogP contribution in [0.2, 0.25) is 0 Å². The lowest BCUT2D eigenvalue weighted by molar-refractivity contribution is -0.135. The van der Waals surface area contributed by atoms with Crippen LogP contribution in [0.3, 0.4) is 0 Å². The van der Waals surface area contributed by atoms with E-state index in [1.165, 1.54) is 24.6 Å². The Bertz CT molecular complexity index is 3730. The van der Waals surface area contributed by atoms with E-state index in [2.05, 4.69) is 81.1 Å². The van der Waals surface area contributed by atoms with Gasteiger partial charge in [0.15, 0.2) is 33.6 Å². The van der Waals surface area contributed by atoms with Gasteiger partial charge in [-0.1, -0.05) is 0 Å². The van der Waals surface area contributed by atoms with Crippen LogP contribution in [0.5, 0.6) is 0 Å². The van der Waals surface area contributed by atoms with E-state index in [0.29, 0.717) is 12.8 Å². The Hall–Kier alpha value is -10.1. The predicted octanol–water partition coefficient (Wildman–Crippen LogP) is -8.27. The number of primary amides is 1. The molecule has 0 bridgehead atoms. The van der Waals surface area contributed by atoms with Gasteiger partial charge in [0.05, 0.1) is 44.9 Å². The summed E-state index contributed by atoms with van der Waals surface area (Å²) in [6.45, 7) is -1.77. The number of anilines is 4. The van der Waals surface area contributed by atoms with Crippen LogP contribution < -0.4 is 83.9 Å². The van der Waals surface area contributed by atoms with Crippen molar-refractivity contribution in [3.05, 3.63) is 67.0 Å². The van der Waals surface area contributed by atoms with Crippen LogP contribution >= 0.6 is 0 Å². The molecular formula is C38H47N27O9. The molecule has 8 aromatic rings. The van der Waals surface area contributed by atoms with Crippen molar-refractivity contribution in [2.24, 2.45) is 17.2 Å². The number of hydrogen-bond acceptors (Lipinski definition) is 23. The molecule has 0 unspecified atom stereocenters. The molecule has 22 N–H and O–H groups in total. The van der Waals surface area contributed by atoms with Gasteiger partial charge < -0.3 is 79.7 Å². The molecule has 0 aliphatic carbocycles. The summed E-state index contributed by atoms with van der Waals surface area (Å²) in [4.78, 5) is 162. The van der Waals surface area contributed by atoms with Gasteiger partial charge in [0, 0.05) is 6.54 Å². The third kappa shape index (κ3) is 10.6. The van der Waals surface area contributed by atoms with Gasteiger partial charge >= 0.3 is 11.4 Å². The van der Waals surface area contributed by atoms with Crippen molar-refractivity contribution < 1.29 is 24.0 Å². The molecule has 0 aliphatic heterocycles. The average Bonchev–Trinajstić information content (AvgIpc) is 4.14. The molecule has 0 fully saturated rings. The maximum absolute atomic E-state index is 14.9. The van der Waals surface area contributed by atoms with E-state index in [-0.39, 0.29) is 87.7 Å². The van der Waals surface area contributed by atoms with Crippen molar-refractivity contribution in [1.29, 1.82) is 0 Å². The van der Waals surface area contributed by atoms with E-state index in [1.54, 1.807) is 0 Å². The summed E-state index contributed by atoms with van der Waals surface area (Å²) in [5.41, 5.74) is 37.4. The molecule has 36 nitrogen and oxygen atoms in total. The largest absolute Gasteiger partial charge is 0.383 e. The summed E-state index contributed by atoms with van der Waals surface area (Å²) < 4.78 is 4.90. The van der Waals surface area contributed by atoms with Crippen LogP contribution in [0, 0.1) is 0 Å². The maximum atomic E-state index is 14.9. The molecule has 0 radical (unpaired) electrons. The van der Waals surface area contributed by atoms with Crippen molar-refractivity contribution >= 4 is 97.7 Å². The van der Waals surface area contributed by atoms with Gasteiger partial charge in [0.2, 0.25) is 41.4 Å². The summed E-state index contributed by atoms with van der Waals surface area (Å²) in [6.07, 6.45) is 5.57. The number of nitrogens with zero attached hydrogens (tertiary/aromatic N) is 12. The molecule has 388 valence electrons. The minimum absolute atomic E-state index is 0.00532. The van der Waals surface area contributed by atoms with Crippen molar-refractivity contribution in [1.82, 2.24) is 99.3 Å². The first-order chi connectivity index (χ1) is 35.3. The summed E-state index contributed by atoms with van der Waals surface area (Å²) in [6, 6.07) is -7.97. The lowest BCUT2D eigenvalue weighted by atomic mass is 10.1. The number of carbonyl (C=O) groups excluding carboxylic acids is 5. The predicted molar refractivity (Wildman–Crippen MR) is 258 cm³/mol. The summed E-state index contributed by atoms with van der Waals surface area (Å²) >= 11 is 0. The number of nitrogens with one attached hydrogen (secondary N) is 8. The minimum atomic E-state index is -1.80. The zero-order chi connectivity index (χ0) is 53.1. The molecule has 5 amide bonds. The number of aromatic nitrogens is 16. The molecule has 8 aromatic heterocycles. The summed E-state index contributed by atoms with van der Waals surface area (Å²) in [5, 5.41) is 10.2. The van der Waals surface area contributed by atoms with Crippen molar-refractivity contribution in [2.45, 2.75) is 75.7 Å². The van der Waals surface area contributed by atoms with Crippen molar-refractivity contribution in [3.8, 4) is 0 Å². The van der Waals surface area contributed by atoms with Gasteiger partial charge in [0.1, 0.15) is 52.9 Å². The Kier molecular flexibility index (Phi) is 14.0. The second-order valence-corrected chi connectivity index (χ2v) is 16.6. The first kappa shape index (κ1) is 50.3. The molecule has 0 saturated heterocycles. The standard InChI is InChI=1S/C38H47N27O9/c39-4-2-1-3-14(24(43)66)50-30(68)16(8-65-12-49-21-28(65)57-36(45)61-34(21)72)52-32(70)17(7-63-10-47-19-23(42)55-38(74)59-26(19)63)53-31(69)15(6-64-11-48-20-27(64)56-35(44)60-33(20)71)51-29(67)13(40)5-62-9-46-18-22(41)54-37(73)58-25(18)62/h9-17H,1-8,39-40H2,(H2,43,66)(H,50,68)(H,51,67)(H,52,70)(H,53,69)(H3,41,54,58,73)(H3,42,55,59,74)(H3,44,56,60,71)(H3,45,57,61,72)/t13-,14-,15+,16+,17-/m0/s1. The molecule has 36 heteroatoms. The van der Waals surface area contributed by atoms with Gasteiger partial charge in [-0.25, -0.2) is 29.5 Å². The fourth-order valence-corrected chi connectivity index (χ4v) is 7.78. The van der Waals surface area contributed by atoms with E-state index in [1.807, 2.05) is 0 Å². The fraction of sp³-hybridized carbons (Fsp3) is 0.342. The SMILES string of the molecule is NCCCC[C@H](NC(=O)[C@@H](Cn1cnc2c(=O)[nH]c(N)nc21)NC(=O)[C@H](Cn1cnc2c(N)[nH]c(=O)nc21)NC(=O)[C@@H](Cn1cnc2c(=O)[nH]c(N)nc21)NC(=O)[C@@H](N)Cn1cnc2c(N)[nH]c(=O)nc21)C(N)=O. The number of imidazole rings is 4. The molecule has 74 heavy (non-hydrogen) atoms. The Morgan fingerprint density at radius 1 is 0.500 bits per heavy atom. The molecule has 8 heterocycles. The van der Waals surface area contributed by atoms with Crippen LogP contribution in [0.4, 0.5) is 23.5 Å². The second kappa shape index (κ2) is 20.7. The summed E-state index contributed by atoms with van der Waals surface area (Å²) in [5.74, 6) is -6.01. The second-order valence-electron chi connectivity index (χ2n) is 16.6. The monoisotopic (exact) mass is 1030 g/mol. The third-order valence-electron chi connectivity index (χ3n) is 11.4. The highest BCUT2D eigenvalue weighted by Gasteiger charge is 2.34. The van der Waals surface area contributed by atoms with E-state index in [4.69, 9.17) is 40.1 Å². The molecule has 0 aliphatic rings. The number of unbranched alkanes of at least 4 members (excludes halogenated alkanes) is 1. The highest BCUT2D eigenvalue weighted by molar-refractivity contribution is 5.96. The molecule has 0 saturated carbocycles. The zero-order valence-corrected chi connectivity index (χ0v) is 38.4. The number of nitrogens with two attached hydrogens (primary N) is 7. The Labute approximate surface area is 409 Å². The highest BCUT2D eigenvalue weighted by atomic mass is 16.2. The Balaban J connectivity index is 1.15. The number of carbonyl (C=O) groups is 5. The fourth-order valence-electron chi connectivity index (χ4n) is 7.78. The molecule has 0 aromatic carbocycles. The normalized spacial score (nSPS) is 13.6. The topological polar surface area (TPSA) is 570 Å². The molecule has 5 atom stereocenters. The van der Waals surface area contributed by atoms with Crippen molar-refractivity contribution in [3.63, 3.8) is 0 Å². The molecule has 8 rings (SSSR count). The van der Waals surface area contributed by atoms with Gasteiger partial charge in [-0.3, -0.25) is 53.5 Å².